The Balaban J connectivity index is 1.76. The summed E-state index contributed by atoms with van der Waals surface area (Å²) in [5.74, 6) is 0.830. The van der Waals surface area contributed by atoms with E-state index in [0.29, 0.717) is 32.9 Å². The molecule has 0 aliphatic heterocycles. The third-order valence-corrected chi connectivity index (χ3v) is 4.63. The first-order valence-corrected chi connectivity index (χ1v) is 8.87. The van der Waals surface area contributed by atoms with Gasteiger partial charge in [0.25, 0.3) is 5.91 Å². The van der Waals surface area contributed by atoms with Gasteiger partial charge in [-0.3, -0.25) is 15.6 Å². The van der Waals surface area contributed by atoms with Crippen LogP contribution >= 0.6 is 22.9 Å². The number of hydrogen-bond donors (Lipinski definition) is 2. The molecule has 0 spiro atoms. The van der Waals surface area contributed by atoms with Crippen LogP contribution in [-0.2, 0) is 0 Å². The van der Waals surface area contributed by atoms with E-state index in [0.717, 1.165) is 5.56 Å². The Morgan fingerprint density at radius 2 is 1.96 bits per heavy atom. The number of hydrogen-bond acceptors (Lipinski definition) is 6. The van der Waals surface area contributed by atoms with Gasteiger partial charge in [-0.1, -0.05) is 23.7 Å². The zero-order valence-corrected chi connectivity index (χ0v) is 15.6. The van der Waals surface area contributed by atoms with E-state index >= 15 is 0 Å². The average molecular weight is 390 g/mol. The molecule has 6 nitrogen and oxygen atoms in total. The van der Waals surface area contributed by atoms with Crippen LogP contribution in [0, 0.1) is 0 Å². The van der Waals surface area contributed by atoms with Gasteiger partial charge < -0.3 is 9.47 Å². The van der Waals surface area contributed by atoms with Crippen molar-refractivity contribution < 1.29 is 14.3 Å². The van der Waals surface area contributed by atoms with E-state index in [9.17, 15) is 4.79 Å². The predicted octanol–water partition coefficient (Wildman–Crippen LogP) is 4.24. The lowest BCUT2D eigenvalue weighted by Gasteiger charge is -2.10. The van der Waals surface area contributed by atoms with E-state index in [4.69, 9.17) is 21.1 Å². The van der Waals surface area contributed by atoms with E-state index in [2.05, 4.69) is 15.8 Å². The molecule has 3 rings (SSSR count). The second-order valence-corrected chi connectivity index (χ2v) is 6.46. The van der Waals surface area contributed by atoms with Gasteiger partial charge in [-0.2, -0.15) is 0 Å². The summed E-state index contributed by atoms with van der Waals surface area (Å²) >= 11 is 7.26. The van der Waals surface area contributed by atoms with Gasteiger partial charge in [0.1, 0.15) is 10.7 Å². The maximum absolute atomic E-state index is 12.3. The largest absolute Gasteiger partial charge is 0.493 e. The summed E-state index contributed by atoms with van der Waals surface area (Å²) < 4.78 is 10.7. The zero-order chi connectivity index (χ0) is 18.5. The van der Waals surface area contributed by atoms with Crippen molar-refractivity contribution >= 4 is 34.5 Å². The number of carbonyl (C=O) groups excluding carboxylic acids is 1. The number of methoxy groups -OCH3 is 2. The van der Waals surface area contributed by atoms with Crippen molar-refractivity contribution in [1.29, 1.82) is 0 Å². The van der Waals surface area contributed by atoms with Crippen LogP contribution in [0.15, 0.2) is 47.8 Å². The summed E-state index contributed by atoms with van der Waals surface area (Å²) in [6.45, 7) is 0. The topological polar surface area (TPSA) is 72.5 Å². The molecule has 1 heterocycles. The molecule has 0 aliphatic rings. The van der Waals surface area contributed by atoms with E-state index in [1.807, 2.05) is 12.1 Å². The van der Waals surface area contributed by atoms with Crippen molar-refractivity contribution in [2.24, 2.45) is 0 Å². The van der Waals surface area contributed by atoms with Crippen molar-refractivity contribution in [3.63, 3.8) is 0 Å². The Labute approximate surface area is 159 Å². The molecule has 0 aliphatic carbocycles. The summed E-state index contributed by atoms with van der Waals surface area (Å²) in [6.07, 6.45) is 0. The molecular formula is C18H16ClN3O3S. The maximum atomic E-state index is 12.3. The zero-order valence-electron chi connectivity index (χ0n) is 14.1. The number of ether oxygens (including phenoxy) is 2. The smallest absolute Gasteiger partial charge is 0.289 e. The number of halogens is 1. The normalized spacial score (nSPS) is 10.3. The Morgan fingerprint density at radius 3 is 2.69 bits per heavy atom. The number of carbonyl (C=O) groups is 1. The maximum Gasteiger partial charge on any atom is 0.289 e. The first kappa shape index (κ1) is 18.0. The Morgan fingerprint density at radius 1 is 1.15 bits per heavy atom. The first-order valence-electron chi connectivity index (χ1n) is 7.61. The highest BCUT2D eigenvalue weighted by Crippen LogP contribution is 2.38. The van der Waals surface area contributed by atoms with Crippen LogP contribution in [0.1, 0.15) is 10.5 Å². The molecule has 26 heavy (non-hydrogen) atoms. The molecule has 8 heteroatoms. The standard InChI is InChI=1S/C18H16ClN3O3S/c1-24-15-8-4-7-13(16(15)25-2)18-20-14(10-26-18)17(23)22-21-12-6-3-5-11(19)9-12/h3-10,21H,1-2H3,(H,22,23). The van der Waals surface area contributed by atoms with Gasteiger partial charge in [0.15, 0.2) is 11.5 Å². The number of hydrazine groups is 1. The SMILES string of the molecule is COc1cccc(-c2nc(C(=O)NNc3cccc(Cl)c3)cs2)c1OC. The minimum absolute atomic E-state index is 0.296. The first-order chi connectivity index (χ1) is 12.6. The Kier molecular flexibility index (Phi) is 5.60. The molecule has 1 amide bonds. The van der Waals surface area contributed by atoms with Crippen LogP contribution in [0.3, 0.4) is 0 Å². The van der Waals surface area contributed by atoms with E-state index < -0.39 is 0 Å². The molecule has 3 aromatic rings. The third-order valence-electron chi connectivity index (χ3n) is 3.52. The molecule has 0 saturated carbocycles. The molecule has 0 fully saturated rings. The molecule has 2 N–H and O–H groups in total. The number of benzene rings is 2. The molecule has 0 bridgehead atoms. The lowest BCUT2D eigenvalue weighted by molar-refractivity contribution is 0.0958. The highest BCUT2D eigenvalue weighted by molar-refractivity contribution is 7.13. The van der Waals surface area contributed by atoms with Gasteiger partial charge >= 0.3 is 0 Å². The van der Waals surface area contributed by atoms with Crippen molar-refractivity contribution in [2.45, 2.75) is 0 Å². The number of thiazole rings is 1. The van der Waals surface area contributed by atoms with Crippen LogP contribution in [0.25, 0.3) is 10.6 Å². The van der Waals surface area contributed by atoms with Gasteiger partial charge in [0.05, 0.1) is 25.5 Å². The van der Waals surface area contributed by atoms with Crippen molar-refractivity contribution in [3.05, 3.63) is 58.6 Å². The molecule has 0 saturated heterocycles. The van der Waals surface area contributed by atoms with E-state index in [-0.39, 0.29) is 5.91 Å². The highest BCUT2D eigenvalue weighted by Gasteiger charge is 2.17. The van der Waals surface area contributed by atoms with Crippen LogP contribution in [-0.4, -0.2) is 25.1 Å². The third kappa shape index (κ3) is 3.89. The second-order valence-electron chi connectivity index (χ2n) is 5.17. The second kappa shape index (κ2) is 8.07. The predicted molar refractivity (Wildman–Crippen MR) is 103 cm³/mol. The van der Waals surface area contributed by atoms with Crippen LogP contribution < -0.4 is 20.3 Å². The number of amides is 1. The molecule has 0 atom stereocenters. The highest BCUT2D eigenvalue weighted by atomic mass is 35.5. The van der Waals surface area contributed by atoms with Crippen LogP contribution in [0.5, 0.6) is 11.5 Å². The van der Waals surface area contributed by atoms with Gasteiger partial charge in [0, 0.05) is 10.4 Å². The fourth-order valence-corrected chi connectivity index (χ4v) is 3.33. The Bertz CT molecular complexity index is 930. The number of para-hydroxylation sites is 1. The molecule has 0 unspecified atom stereocenters. The van der Waals surface area contributed by atoms with Crippen molar-refractivity contribution in [1.82, 2.24) is 10.4 Å². The van der Waals surface area contributed by atoms with Crippen LogP contribution in [0.4, 0.5) is 5.69 Å². The number of nitrogens with one attached hydrogen (secondary N) is 2. The Hall–Kier alpha value is -2.77. The minimum atomic E-state index is -0.352. The monoisotopic (exact) mass is 389 g/mol. The summed E-state index contributed by atoms with van der Waals surface area (Å²) in [4.78, 5) is 16.7. The summed E-state index contributed by atoms with van der Waals surface area (Å²) in [5, 5.41) is 2.92. The minimum Gasteiger partial charge on any atom is -0.493 e. The molecule has 0 radical (unpaired) electrons. The van der Waals surface area contributed by atoms with Gasteiger partial charge in [-0.15, -0.1) is 11.3 Å². The number of aromatic nitrogens is 1. The molecular weight excluding hydrogens is 374 g/mol. The lowest BCUT2D eigenvalue weighted by Crippen LogP contribution is -2.29. The van der Waals surface area contributed by atoms with Crippen molar-refractivity contribution in [2.75, 3.05) is 19.6 Å². The summed E-state index contributed by atoms with van der Waals surface area (Å²) in [6, 6.07) is 12.5. The number of rotatable bonds is 6. The van der Waals surface area contributed by atoms with E-state index in [1.54, 1.807) is 49.9 Å². The lowest BCUT2D eigenvalue weighted by atomic mass is 10.2. The fourth-order valence-electron chi connectivity index (χ4n) is 2.32. The summed E-state index contributed by atoms with van der Waals surface area (Å²) in [7, 11) is 3.14. The number of anilines is 1. The van der Waals surface area contributed by atoms with E-state index in [1.165, 1.54) is 11.3 Å². The van der Waals surface area contributed by atoms with Crippen LogP contribution in [0.2, 0.25) is 5.02 Å². The van der Waals surface area contributed by atoms with Crippen molar-refractivity contribution in [3.8, 4) is 22.1 Å². The summed E-state index contributed by atoms with van der Waals surface area (Å²) in [5.41, 5.74) is 7.14. The van der Waals surface area contributed by atoms with Gasteiger partial charge in [-0.05, 0) is 30.3 Å². The van der Waals surface area contributed by atoms with Gasteiger partial charge in [-0.25, -0.2) is 4.98 Å². The van der Waals surface area contributed by atoms with Gasteiger partial charge in [0.2, 0.25) is 0 Å². The molecule has 1 aromatic heterocycles. The average Bonchev–Trinajstić information content (AvgIpc) is 3.15. The molecule has 134 valence electrons. The quantitative estimate of drug-likeness (QED) is 0.617. The fraction of sp³-hybridized carbons (Fsp3) is 0.111. The molecule has 2 aromatic carbocycles. The number of nitrogens with zero attached hydrogens (tertiary/aromatic N) is 1.